The minimum absolute atomic E-state index is 0.183. The zero-order valence-corrected chi connectivity index (χ0v) is 14.3. The second kappa shape index (κ2) is 7.14. The first-order valence-corrected chi connectivity index (χ1v) is 8.36. The third-order valence-electron chi connectivity index (χ3n) is 4.61. The lowest BCUT2D eigenvalue weighted by Crippen LogP contribution is -2.48. The fourth-order valence-corrected chi connectivity index (χ4v) is 3.23. The van der Waals surface area contributed by atoms with E-state index in [1.54, 1.807) is 0 Å². The monoisotopic (exact) mass is 326 g/mol. The number of ketones is 1. The molecule has 0 aromatic heterocycles. The zero-order valence-electron chi connectivity index (χ0n) is 14.3. The van der Waals surface area contributed by atoms with Crippen molar-refractivity contribution in [2.45, 2.75) is 13.8 Å². The summed E-state index contributed by atoms with van der Waals surface area (Å²) in [6, 6.07) is 12.6. The molecule has 0 bridgehead atoms. The van der Waals surface area contributed by atoms with Gasteiger partial charge in [-0.25, -0.2) is 4.39 Å². The van der Waals surface area contributed by atoms with E-state index in [1.165, 1.54) is 17.7 Å². The standard InChI is InChI=1S/C20H23FN2O/c1-15-3-8-19(16(2)13-15)20(24)14-22-9-11-23(12-10-22)18-6-4-17(21)5-7-18/h3-8,13H,9-12,14H2,1-2H3. The van der Waals surface area contributed by atoms with E-state index in [4.69, 9.17) is 0 Å². The van der Waals surface area contributed by atoms with Crippen molar-refractivity contribution >= 4 is 11.5 Å². The van der Waals surface area contributed by atoms with Crippen LogP contribution in [0.5, 0.6) is 0 Å². The van der Waals surface area contributed by atoms with Crippen LogP contribution in [0, 0.1) is 19.7 Å². The molecule has 0 saturated carbocycles. The highest BCUT2D eigenvalue weighted by Crippen LogP contribution is 2.18. The lowest BCUT2D eigenvalue weighted by atomic mass is 10.0. The van der Waals surface area contributed by atoms with Gasteiger partial charge >= 0.3 is 0 Å². The summed E-state index contributed by atoms with van der Waals surface area (Å²) < 4.78 is 13.0. The van der Waals surface area contributed by atoms with Gasteiger partial charge in [0.25, 0.3) is 0 Å². The number of halogens is 1. The summed E-state index contributed by atoms with van der Waals surface area (Å²) in [5, 5.41) is 0. The molecular weight excluding hydrogens is 303 g/mol. The van der Waals surface area contributed by atoms with Crippen LogP contribution in [0.4, 0.5) is 10.1 Å². The normalized spacial score (nSPS) is 15.5. The molecule has 0 spiro atoms. The first kappa shape index (κ1) is 16.7. The average molecular weight is 326 g/mol. The fraction of sp³-hybridized carbons (Fsp3) is 0.350. The van der Waals surface area contributed by atoms with E-state index in [2.05, 4.69) is 15.9 Å². The van der Waals surface area contributed by atoms with Crippen molar-refractivity contribution in [1.82, 2.24) is 4.90 Å². The quantitative estimate of drug-likeness (QED) is 0.804. The molecule has 4 heteroatoms. The highest BCUT2D eigenvalue weighted by molar-refractivity contribution is 5.99. The second-order valence-electron chi connectivity index (χ2n) is 6.48. The Morgan fingerprint density at radius 3 is 2.29 bits per heavy atom. The van der Waals surface area contributed by atoms with Gasteiger partial charge in [-0.3, -0.25) is 9.69 Å². The second-order valence-corrected chi connectivity index (χ2v) is 6.48. The number of hydrogen-bond acceptors (Lipinski definition) is 3. The summed E-state index contributed by atoms with van der Waals surface area (Å²) in [6.45, 7) is 7.88. The summed E-state index contributed by atoms with van der Waals surface area (Å²) in [5.41, 5.74) is 4.08. The fourth-order valence-electron chi connectivity index (χ4n) is 3.23. The molecule has 0 atom stereocenters. The number of rotatable bonds is 4. The zero-order chi connectivity index (χ0) is 17.1. The molecule has 2 aromatic rings. The van der Waals surface area contributed by atoms with E-state index >= 15 is 0 Å². The van der Waals surface area contributed by atoms with Crippen LogP contribution >= 0.6 is 0 Å². The van der Waals surface area contributed by atoms with E-state index in [0.29, 0.717) is 6.54 Å². The molecule has 0 aliphatic carbocycles. The molecule has 1 saturated heterocycles. The van der Waals surface area contributed by atoms with Gasteiger partial charge in [0.15, 0.2) is 5.78 Å². The number of carbonyl (C=O) groups excluding carboxylic acids is 1. The van der Waals surface area contributed by atoms with Crippen molar-refractivity contribution in [3.63, 3.8) is 0 Å². The molecule has 1 fully saturated rings. The van der Waals surface area contributed by atoms with E-state index in [0.717, 1.165) is 43.0 Å². The number of Topliss-reactive ketones (excluding diaryl/α,β-unsaturated/α-hetero) is 1. The maximum atomic E-state index is 13.0. The Labute approximate surface area is 142 Å². The topological polar surface area (TPSA) is 23.6 Å². The van der Waals surface area contributed by atoms with E-state index in [9.17, 15) is 9.18 Å². The Morgan fingerprint density at radius 1 is 1.00 bits per heavy atom. The third-order valence-corrected chi connectivity index (χ3v) is 4.61. The Hall–Kier alpha value is -2.20. The first-order chi connectivity index (χ1) is 11.5. The van der Waals surface area contributed by atoms with E-state index < -0.39 is 0 Å². The molecule has 1 aliphatic rings. The van der Waals surface area contributed by atoms with Gasteiger partial charge in [-0.15, -0.1) is 0 Å². The summed E-state index contributed by atoms with van der Waals surface area (Å²) in [4.78, 5) is 17.0. The number of nitrogens with zero attached hydrogens (tertiary/aromatic N) is 2. The van der Waals surface area contributed by atoms with Crippen molar-refractivity contribution < 1.29 is 9.18 Å². The molecule has 0 N–H and O–H groups in total. The molecule has 0 unspecified atom stereocenters. The van der Waals surface area contributed by atoms with E-state index in [1.807, 2.05) is 38.1 Å². The summed E-state index contributed by atoms with van der Waals surface area (Å²) in [5.74, 6) is -0.0285. The molecular formula is C20H23FN2O. The van der Waals surface area contributed by atoms with Crippen LogP contribution in [0.25, 0.3) is 0 Å². The van der Waals surface area contributed by atoms with Crippen LogP contribution in [-0.2, 0) is 0 Å². The van der Waals surface area contributed by atoms with Gasteiger partial charge < -0.3 is 4.90 Å². The summed E-state index contributed by atoms with van der Waals surface area (Å²) >= 11 is 0. The Balaban J connectivity index is 1.57. The van der Waals surface area contributed by atoms with Crippen LogP contribution < -0.4 is 4.90 Å². The number of piperazine rings is 1. The van der Waals surface area contributed by atoms with Crippen LogP contribution in [0.2, 0.25) is 0 Å². The van der Waals surface area contributed by atoms with E-state index in [-0.39, 0.29) is 11.6 Å². The maximum absolute atomic E-state index is 13.0. The molecule has 0 radical (unpaired) electrons. The van der Waals surface area contributed by atoms with Crippen LogP contribution in [-0.4, -0.2) is 43.4 Å². The highest BCUT2D eigenvalue weighted by atomic mass is 19.1. The smallest absolute Gasteiger partial charge is 0.177 e. The van der Waals surface area contributed by atoms with Gasteiger partial charge in [0.2, 0.25) is 0 Å². The van der Waals surface area contributed by atoms with Gasteiger partial charge in [0, 0.05) is 37.4 Å². The van der Waals surface area contributed by atoms with Crippen LogP contribution in [0.1, 0.15) is 21.5 Å². The predicted molar refractivity (Wildman–Crippen MR) is 95.3 cm³/mol. The van der Waals surface area contributed by atoms with Crippen molar-refractivity contribution in [1.29, 1.82) is 0 Å². The molecule has 3 rings (SSSR count). The lowest BCUT2D eigenvalue weighted by Gasteiger charge is -2.35. The van der Waals surface area contributed by atoms with Gasteiger partial charge in [-0.1, -0.05) is 23.8 Å². The molecule has 24 heavy (non-hydrogen) atoms. The van der Waals surface area contributed by atoms with Crippen molar-refractivity contribution in [2.24, 2.45) is 0 Å². The van der Waals surface area contributed by atoms with Crippen molar-refractivity contribution in [3.05, 3.63) is 65.0 Å². The first-order valence-electron chi connectivity index (χ1n) is 8.36. The highest BCUT2D eigenvalue weighted by Gasteiger charge is 2.20. The maximum Gasteiger partial charge on any atom is 0.177 e. The van der Waals surface area contributed by atoms with Crippen molar-refractivity contribution in [2.75, 3.05) is 37.6 Å². The molecule has 2 aromatic carbocycles. The minimum Gasteiger partial charge on any atom is -0.369 e. The predicted octanol–water partition coefficient (Wildman–Crippen LogP) is 3.45. The average Bonchev–Trinajstić information content (AvgIpc) is 2.56. The molecule has 1 heterocycles. The van der Waals surface area contributed by atoms with Gasteiger partial charge in [-0.2, -0.15) is 0 Å². The van der Waals surface area contributed by atoms with Gasteiger partial charge in [0.05, 0.1) is 6.54 Å². The number of aryl methyl sites for hydroxylation is 2. The van der Waals surface area contributed by atoms with Crippen LogP contribution in [0.15, 0.2) is 42.5 Å². The largest absolute Gasteiger partial charge is 0.369 e. The van der Waals surface area contributed by atoms with Gasteiger partial charge in [0.1, 0.15) is 5.82 Å². The Morgan fingerprint density at radius 2 is 1.67 bits per heavy atom. The minimum atomic E-state index is -0.212. The lowest BCUT2D eigenvalue weighted by molar-refractivity contribution is 0.0926. The number of benzene rings is 2. The molecule has 0 amide bonds. The van der Waals surface area contributed by atoms with Crippen LogP contribution in [0.3, 0.4) is 0 Å². The number of hydrogen-bond donors (Lipinski definition) is 0. The SMILES string of the molecule is Cc1ccc(C(=O)CN2CCN(c3ccc(F)cc3)CC2)c(C)c1. The molecule has 3 nitrogen and oxygen atoms in total. The van der Waals surface area contributed by atoms with Gasteiger partial charge in [-0.05, 0) is 43.7 Å². The Kier molecular flexibility index (Phi) is 4.95. The molecule has 1 aliphatic heterocycles. The van der Waals surface area contributed by atoms with Crippen molar-refractivity contribution in [3.8, 4) is 0 Å². The Bertz CT molecular complexity index is 719. The third kappa shape index (κ3) is 3.82. The number of carbonyl (C=O) groups is 1. The summed E-state index contributed by atoms with van der Waals surface area (Å²) in [6.07, 6.45) is 0. The summed E-state index contributed by atoms with van der Waals surface area (Å²) in [7, 11) is 0. The number of anilines is 1. The molecule has 126 valence electrons.